The van der Waals surface area contributed by atoms with Crippen molar-refractivity contribution in [1.82, 2.24) is 0 Å². The van der Waals surface area contributed by atoms with Gasteiger partial charge in [-0.15, -0.1) is 0 Å². The van der Waals surface area contributed by atoms with Crippen molar-refractivity contribution >= 4 is 5.97 Å². The van der Waals surface area contributed by atoms with E-state index in [0.717, 1.165) is 0 Å². The largest absolute Gasteiger partial charge is 0.480 e. The van der Waals surface area contributed by atoms with E-state index in [2.05, 4.69) is 4.74 Å². The Bertz CT molecular complexity index is 420. The monoisotopic (exact) mass is 252 g/mol. The van der Waals surface area contributed by atoms with E-state index < -0.39 is 42.3 Å². The molecule has 0 aromatic heterocycles. The molecule has 0 spiro atoms. The molecule has 0 saturated heterocycles. The third kappa shape index (κ3) is 3.70. The lowest BCUT2D eigenvalue weighted by Gasteiger charge is -2.16. The molecule has 0 heterocycles. The van der Waals surface area contributed by atoms with Gasteiger partial charge in [0.05, 0.1) is 0 Å². The van der Waals surface area contributed by atoms with Gasteiger partial charge in [-0.25, -0.2) is 13.6 Å². The maximum Gasteiger partial charge on any atom is 0.329 e. The lowest BCUT2D eigenvalue weighted by atomic mass is 10.1. The summed E-state index contributed by atoms with van der Waals surface area (Å²) < 4.78 is 56.1. The van der Waals surface area contributed by atoms with E-state index in [1.807, 2.05) is 0 Å². The van der Waals surface area contributed by atoms with Gasteiger partial charge in [0.15, 0.2) is 11.6 Å². The molecule has 0 aliphatic rings. The van der Waals surface area contributed by atoms with Crippen LogP contribution in [-0.2, 0) is 15.5 Å². The summed E-state index contributed by atoms with van der Waals surface area (Å²) in [5, 5.41) is 8.18. The number of halogens is 4. The average molecular weight is 252 g/mol. The zero-order valence-corrected chi connectivity index (χ0v) is 8.42. The first-order valence-corrected chi connectivity index (χ1v) is 4.46. The summed E-state index contributed by atoms with van der Waals surface area (Å²) in [7, 11) is 0. The minimum absolute atomic E-state index is 0.347. The summed E-state index contributed by atoms with van der Waals surface area (Å²) in [5.74, 6) is -7.62. The summed E-state index contributed by atoms with van der Waals surface area (Å²) in [5.41, 5.74) is -0.776. The molecule has 94 valence electrons. The molecule has 1 aromatic rings. The highest BCUT2D eigenvalue weighted by atomic mass is 19.3. The maximum atomic E-state index is 13.3. The molecule has 0 aliphatic heterocycles. The Labute approximate surface area is 93.6 Å². The van der Waals surface area contributed by atoms with E-state index in [0.29, 0.717) is 18.2 Å². The summed E-state index contributed by atoms with van der Waals surface area (Å²) in [6, 6.07) is 1.62. The minimum Gasteiger partial charge on any atom is -0.480 e. The molecular weight excluding hydrogens is 244 g/mol. The number of aliphatic carboxylic acids is 1. The second-order valence-electron chi connectivity index (χ2n) is 3.22. The van der Waals surface area contributed by atoms with Crippen molar-refractivity contribution in [3.05, 3.63) is 35.4 Å². The molecule has 7 heteroatoms. The topological polar surface area (TPSA) is 46.5 Å². The van der Waals surface area contributed by atoms with Gasteiger partial charge in [-0.1, -0.05) is 0 Å². The molecule has 1 N–H and O–H groups in total. The van der Waals surface area contributed by atoms with Gasteiger partial charge in [-0.2, -0.15) is 8.78 Å². The highest BCUT2D eigenvalue weighted by molar-refractivity contribution is 5.67. The highest BCUT2D eigenvalue weighted by Crippen LogP contribution is 2.29. The van der Waals surface area contributed by atoms with Crippen molar-refractivity contribution in [3.8, 4) is 0 Å². The average Bonchev–Trinajstić information content (AvgIpc) is 2.21. The molecule has 1 rings (SSSR count). The molecule has 0 saturated carbocycles. The zero-order valence-electron chi connectivity index (χ0n) is 8.42. The third-order valence-corrected chi connectivity index (χ3v) is 1.85. The van der Waals surface area contributed by atoms with E-state index in [9.17, 15) is 22.4 Å². The molecular formula is C10H8F4O3. The van der Waals surface area contributed by atoms with Crippen LogP contribution >= 0.6 is 0 Å². The van der Waals surface area contributed by atoms with E-state index >= 15 is 0 Å². The fourth-order valence-corrected chi connectivity index (χ4v) is 1.07. The van der Waals surface area contributed by atoms with Crippen LogP contribution in [0.2, 0.25) is 0 Å². The lowest BCUT2D eigenvalue weighted by molar-refractivity contribution is -0.147. The van der Waals surface area contributed by atoms with Crippen LogP contribution in [0, 0.1) is 11.6 Å². The number of benzene rings is 1. The summed E-state index contributed by atoms with van der Waals surface area (Å²) in [6.45, 7) is -2.11. The molecule has 0 unspecified atom stereocenters. The first-order valence-electron chi connectivity index (χ1n) is 4.46. The van der Waals surface area contributed by atoms with Gasteiger partial charge in [-0.3, -0.25) is 0 Å². The number of hydrogen-bond donors (Lipinski definition) is 1. The minimum atomic E-state index is -3.58. The van der Waals surface area contributed by atoms with Crippen molar-refractivity contribution in [2.75, 3.05) is 13.2 Å². The fourth-order valence-electron chi connectivity index (χ4n) is 1.07. The van der Waals surface area contributed by atoms with Crippen LogP contribution in [0.15, 0.2) is 18.2 Å². The molecule has 0 fully saturated rings. The SMILES string of the molecule is O=C(O)COCC(F)(F)c1ccc(F)c(F)c1. The van der Waals surface area contributed by atoms with Crippen molar-refractivity contribution in [2.24, 2.45) is 0 Å². The second kappa shape index (κ2) is 5.13. The Morgan fingerprint density at radius 3 is 2.47 bits per heavy atom. The Morgan fingerprint density at radius 1 is 1.29 bits per heavy atom. The van der Waals surface area contributed by atoms with Crippen LogP contribution in [0.25, 0.3) is 0 Å². The summed E-state index contributed by atoms with van der Waals surface area (Å²) in [6.07, 6.45) is 0. The zero-order chi connectivity index (χ0) is 13.1. The number of rotatable bonds is 5. The van der Waals surface area contributed by atoms with E-state index in [4.69, 9.17) is 5.11 Å². The van der Waals surface area contributed by atoms with Crippen LogP contribution in [0.5, 0.6) is 0 Å². The van der Waals surface area contributed by atoms with Crippen LogP contribution in [0.3, 0.4) is 0 Å². The Hall–Kier alpha value is -1.63. The van der Waals surface area contributed by atoms with Crippen LogP contribution < -0.4 is 0 Å². The molecule has 0 atom stereocenters. The second-order valence-corrected chi connectivity index (χ2v) is 3.22. The van der Waals surface area contributed by atoms with Crippen molar-refractivity contribution < 1.29 is 32.2 Å². The number of ether oxygens (including phenoxy) is 1. The smallest absolute Gasteiger partial charge is 0.329 e. The summed E-state index contributed by atoms with van der Waals surface area (Å²) in [4.78, 5) is 10.0. The number of carbonyl (C=O) groups is 1. The quantitative estimate of drug-likeness (QED) is 0.817. The molecule has 1 aromatic carbocycles. The first-order chi connectivity index (χ1) is 7.83. The van der Waals surface area contributed by atoms with Crippen molar-refractivity contribution in [1.29, 1.82) is 0 Å². The number of hydrogen-bond acceptors (Lipinski definition) is 2. The first kappa shape index (κ1) is 13.4. The van der Waals surface area contributed by atoms with E-state index in [-0.39, 0.29) is 0 Å². The van der Waals surface area contributed by atoms with Crippen molar-refractivity contribution in [2.45, 2.75) is 5.92 Å². The maximum absolute atomic E-state index is 13.3. The van der Waals surface area contributed by atoms with E-state index in [1.54, 1.807) is 0 Å². The molecule has 0 bridgehead atoms. The summed E-state index contributed by atoms with van der Waals surface area (Å²) >= 11 is 0. The fraction of sp³-hybridized carbons (Fsp3) is 0.300. The van der Waals surface area contributed by atoms with Gasteiger partial charge < -0.3 is 9.84 Å². The standard InChI is InChI=1S/C10H8F4O3/c11-7-2-1-6(3-8(7)12)10(13,14)5-17-4-9(15)16/h1-3H,4-5H2,(H,15,16). The molecule has 0 radical (unpaired) electrons. The number of alkyl halides is 2. The third-order valence-electron chi connectivity index (χ3n) is 1.85. The van der Waals surface area contributed by atoms with Gasteiger partial charge in [0, 0.05) is 5.56 Å². The van der Waals surface area contributed by atoms with Gasteiger partial charge >= 0.3 is 5.97 Å². The van der Waals surface area contributed by atoms with Crippen molar-refractivity contribution in [3.63, 3.8) is 0 Å². The van der Waals surface area contributed by atoms with Crippen LogP contribution in [0.4, 0.5) is 17.6 Å². The molecule has 3 nitrogen and oxygen atoms in total. The van der Waals surface area contributed by atoms with Crippen LogP contribution in [0.1, 0.15) is 5.56 Å². The predicted molar refractivity (Wildman–Crippen MR) is 48.7 cm³/mol. The lowest BCUT2D eigenvalue weighted by Crippen LogP contribution is -2.23. The van der Waals surface area contributed by atoms with Gasteiger partial charge in [-0.05, 0) is 18.2 Å². The Balaban J connectivity index is 2.74. The normalized spacial score (nSPS) is 11.5. The Morgan fingerprint density at radius 2 is 1.94 bits per heavy atom. The highest BCUT2D eigenvalue weighted by Gasteiger charge is 2.33. The van der Waals surface area contributed by atoms with E-state index in [1.165, 1.54) is 0 Å². The molecule has 0 amide bonds. The Kier molecular flexibility index (Phi) is 4.06. The molecule has 0 aliphatic carbocycles. The van der Waals surface area contributed by atoms with Gasteiger partial charge in [0.1, 0.15) is 13.2 Å². The van der Waals surface area contributed by atoms with Gasteiger partial charge in [0.25, 0.3) is 5.92 Å². The molecule has 17 heavy (non-hydrogen) atoms. The number of carboxylic acid groups (broad SMARTS) is 1. The van der Waals surface area contributed by atoms with Gasteiger partial charge in [0.2, 0.25) is 0 Å². The number of carboxylic acids is 1. The predicted octanol–water partition coefficient (Wildman–Crippen LogP) is 2.16. The van der Waals surface area contributed by atoms with Crippen LogP contribution in [-0.4, -0.2) is 24.3 Å².